The molecule has 0 atom stereocenters. The lowest BCUT2D eigenvalue weighted by Crippen LogP contribution is -2.51. The minimum atomic E-state index is -0.00897. The number of hydrogen-bond acceptors (Lipinski definition) is 5. The van der Waals surface area contributed by atoms with Crippen LogP contribution in [0, 0.1) is 0 Å². The molecule has 2 amide bonds. The second-order valence-corrected chi connectivity index (χ2v) is 7.25. The van der Waals surface area contributed by atoms with E-state index in [9.17, 15) is 9.59 Å². The van der Waals surface area contributed by atoms with Crippen LogP contribution in [-0.4, -0.2) is 75.1 Å². The molecule has 1 N–H and O–H groups in total. The van der Waals surface area contributed by atoms with Gasteiger partial charge in [0.25, 0.3) is 5.91 Å². The average Bonchev–Trinajstić information content (AvgIpc) is 3.12. The number of nitrogens with zero attached hydrogens (tertiary/aromatic N) is 5. The summed E-state index contributed by atoms with van der Waals surface area (Å²) >= 11 is 0. The van der Waals surface area contributed by atoms with Gasteiger partial charge in [-0.2, -0.15) is 5.10 Å². The monoisotopic (exact) mass is 384 g/mol. The topological polar surface area (TPSA) is 83.4 Å². The summed E-state index contributed by atoms with van der Waals surface area (Å²) in [4.78, 5) is 33.2. The first-order chi connectivity index (χ1) is 13.5. The van der Waals surface area contributed by atoms with E-state index in [4.69, 9.17) is 0 Å². The highest BCUT2D eigenvalue weighted by molar-refractivity contribution is 5.95. The number of aromatic nitrogens is 3. The molecule has 1 aliphatic rings. The van der Waals surface area contributed by atoms with Crippen LogP contribution in [0.25, 0.3) is 5.82 Å². The third-order valence-electron chi connectivity index (χ3n) is 4.78. The fourth-order valence-electron chi connectivity index (χ4n) is 3.42. The molecule has 0 spiro atoms. The molecule has 2 aromatic rings. The van der Waals surface area contributed by atoms with Crippen molar-refractivity contribution in [2.45, 2.75) is 33.2 Å². The SMILES string of the molecule is CCc1c(C(=O)N2CCN(CC(=O)NC(C)C)CC2)cnn1-c1ccccn1. The number of piperazine rings is 1. The number of amides is 2. The molecule has 1 saturated heterocycles. The van der Waals surface area contributed by atoms with E-state index in [1.54, 1.807) is 17.1 Å². The Labute approximate surface area is 165 Å². The third kappa shape index (κ3) is 4.56. The van der Waals surface area contributed by atoms with Gasteiger partial charge in [-0.05, 0) is 32.4 Å². The number of pyridine rings is 1. The predicted molar refractivity (Wildman–Crippen MR) is 106 cm³/mol. The molecule has 0 bridgehead atoms. The Balaban J connectivity index is 1.64. The summed E-state index contributed by atoms with van der Waals surface area (Å²) in [6.07, 6.45) is 4.04. The number of rotatable bonds is 6. The van der Waals surface area contributed by atoms with E-state index in [2.05, 4.69) is 20.3 Å². The van der Waals surface area contributed by atoms with Crippen molar-refractivity contribution >= 4 is 11.8 Å². The van der Waals surface area contributed by atoms with Crippen molar-refractivity contribution in [1.29, 1.82) is 0 Å². The van der Waals surface area contributed by atoms with Crippen molar-refractivity contribution in [2.24, 2.45) is 0 Å². The Bertz CT molecular complexity index is 809. The minimum Gasteiger partial charge on any atom is -0.353 e. The molecule has 0 aliphatic carbocycles. The molecule has 0 aromatic carbocycles. The van der Waals surface area contributed by atoms with Crippen LogP contribution in [0.4, 0.5) is 0 Å². The lowest BCUT2D eigenvalue weighted by molar-refractivity contribution is -0.123. The van der Waals surface area contributed by atoms with Crippen molar-refractivity contribution in [3.05, 3.63) is 41.9 Å². The van der Waals surface area contributed by atoms with Crippen LogP contribution in [-0.2, 0) is 11.2 Å². The van der Waals surface area contributed by atoms with Gasteiger partial charge in [0.1, 0.15) is 0 Å². The molecule has 2 aromatic heterocycles. The zero-order chi connectivity index (χ0) is 20.1. The summed E-state index contributed by atoms with van der Waals surface area (Å²) in [6.45, 7) is 8.87. The summed E-state index contributed by atoms with van der Waals surface area (Å²) in [5.41, 5.74) is 1.49. The maximum atomic E-state index is 13.1. The lowest BCUT2D eigenvalue weighted by atomic mass is 10.1. The average molecular weight is 384 g/mol. The van der Waals surface area contributed by atoms with Gasteiger partial charge in [0, 0.05) is 38.4 Å². The first kappa shape index (κ1) is 20.0. The summed E-state index contributed by atoms with van der Waals surface area (Å²) in [5.74, 6) is 0.726. The number of carbonyl (C=O) groups excluding carboxylic acids is 2. The summed E-state index contributed by atoms with van der Waals surface area (Å²) in [6, 6.07) is 5.77. The predicted octanol–water partition coefficient (Wildman–Crippen LogP) is 1.11. The highest BCUT2D eigenvalue weighted by Crippen LogP contribution is 2.17. The lowest BCUT2D eigenvalue weighted by Gasteiger charge is -2.34. The quantitative estimate of drug-likeness (QED) is 0.807. The van der Waals surface area contributed by atoms with Crippen molar-refractivity contribution in [2.75, 3.05) is 32.7 Å². The van der Waals surface area contributed by atoms with Crippen molar-refractivity contribution in [3.63, 3.8) is 0 Å². The fourth-order valence-corrected chi connectivity index (χ4v) is 3.42. The van der Waals surface area contributed by atoms with E-state index in [1.165, 1.54) is 0 Å². The van der Waals surface area contributed by atoms with Crippen LogP contribution in [0.15, 0.2) is 30.6 Å². The van der Waals surface area contributed by atoms with Gasteiger partial charge in [0.2, 0.25) is 5.91 Å². The van der Waals surface area contributed by atoms with Gasteiger partial charge >= 0.3 is 0 Å². The van der Waals surface area contributed by atoms with E-state index in [-0.39, 0.29) is 17.9 Å². The van der Waals surface area contributed by atoms with Crippen molar-refractivity contribution in [3.8, 4) is 5.82 Å². The Morgan fingerprint density at radius 1 is 1.18 bits per heavy atom. The van der Waals surface area contributed by atoms with E-state index in [0.29, 0.717) is 50.5 Å². The van der Waals surface area contributed by atoms with Crippen LogP contribution in [0.5, 0.6) is 0 Å². The Morgan fingerprint density at radius 3 is 2.54 bits per heavy atom. The number of nitrogens with one attached hydrogen (secondary N) is 1. The molecular formula is C20H28N6O2. The Hall–Kier alpha value is -2.74. The minimum absolute atomic E-state index is 0.00897. The summed E-state index contributed by atoms with van der Waals surface area (Å²) in [5, 5.41) is 7.30. The van der Waals surface area contributed by atoms with Gasteiger partial charge in [-0.15, -0.1) is 0 Å². The van der Waals surface area contributed by atoms with Gasteiger partial charge in [0.05, 0.1) is 24.0 Å². The Kier molecular flexibility index (Phi) is 6.41. The fraction of sp³-hybridized carbons (Fsp3) is 0.500. The van der Waals surface area contributed by atoms with Gasteiger partial charge in [0.15, 0.2) is 5.82 Å². The summed E-state index contributed by atoms with van der Waals surface area (Å²) < 4.78 is 1.74. The molecule has 3 heterocycles. The first-order valence-corrected chi connectivity index (χ1v) is 9.79. The molecule has 150 valence electrons. The van der Waals surface area contributed by atoms with Crippen molar-refractivity contribution in [1.82, 2.24) is 29.9 Å². The third-order valence-corrected chi connectivity index (χ3v) is 4.78. The zero-order valence-electron chi connectivity index (χ0n) is 16.8. The molecule has 3 rings (SSSR count). The largest absolute Gasteiger partial charge is 0.353 e. The molecule has 0 unspecified atom stereocenters. The Morgan fingerprint density at radius 2 is 1.93 bits per heavy atom. The maximum Gasteiger partial charge on any atom is 0.257 e. The van der Waals surface area contributed by atoms with Gasteiger partial charge in [-0.1, -0.05) is 13.0 Å². The summed E-state index contributed by atoms with van der Waals surface area (Å²) in [7, 11) is 0. The number of hydrogen-bond donors (Lipinski definition) is 1. The number of carbonyl (C=O) groups is 2. The maximum absolute atomic E-state index is 13.1. The molecule has 28 heavy (non-hydrogen) atoms. The van der Waals surface area contributed by atoms with E-state index >= 15 is 0 Å². The molecular weight excluding hydrogens is 356 g/mol. The van der Waals surface area contributed by atoms with E-state index < -0.39 is 0 Å². The molecule has 0 saturated carbocycles. The molecule has 0 radical (unpaired) electrons. The normalized spacial score (nSPS) is 15.1. The van der Waals surface area contributed by atoms with Crippen molar-refractivity contribution < 1.29 is 9.59 Å². The molecule has 8 heteroatoms. The van der Waals surface area contributed by atoms with Crippen LogP contribution in [0.3, 0.4) is 0 Å². The van der Waals surface area contributed by atoms with Crippen LogP contribution >= 0.6 is 0 Å². The molecule has 1 aliphatic heterocycles. The molecule has 8 nitrogen and oxygen atoms in total. The van der Waals surface area contributed by atoms with E-state index in [1.807, 2.05) is 43.9 Å². The van der Waals surface area contributed by atoms with Crippen LogP contribution in [0.2, 0.25) is 0 Å². The highest BCUT2D eigenvalue weighted by atomic mass is 16.2. The van der Waals surface area contributed by atoms with Gasteiger partial charge in [-0.3, -0.25) is 14.5 Å². The molecule has 1 fully saturated rings. The van der Waals surface area contributed by atoms with Crippen LogP contribution in [0.1, 0.15) is 36.8 Å². The standard InChI is InChI=1S/C20H28N6O2/c1-4-17-16(13-22-26(17)18-7-5-6-8-21-18)20(28)25-11-9-24(10-12-25)14-19(27)23-15(2)3/h5-8,13,15H,4,9-12,14H2,1-3H3,(H,23,27). The van der Waals surface area contributed by atoms with E-state index in [0.717, 1.165) is 5.69 Å². The highest BCUT2D eigenvalue weighted by Gasteiger charge is 2.26. The van der Waals surface area contributed by atoms with Gasteiger partial charge < -0.3 is 10.2 Å². The first-order valence-electron chi connectivity index (χ1n) is 9.79. The zero-order valence-corrected chi connectivity index (χ0v) is 16.8. The smallest absolute Gasteiger partial charge is 0.257 e. The second-order valence-electron chi connectivity index (χ2n) is 7.25. The van der Waals surface area contributed by atoms with Gasteiger partial charge in [-0.25, -0.2) is 9.67 Å². The second kappa shape index (κ2) is 8.97. The van der Waals surface area contributed by atoms with Crippen LogP contribution < -0.4 is 5.32 Å².